The maximum atomic E-state index is 12.3. The molecule has 2 aromatic rings. The molecule has 0 bridgehead atoms. The first-order valence-electron chi connectivity index (χ1n) is 9.67. The molecule has 1 N–H and O–H groups in total. The van der Waals surface area contributed by atoms with Gasteiger partial charge >= 0.3 is 6.09 Å². The number of hydrogen-bond acceptors (Lipinski definition) is 2. The second-order valence-corrected chi connectivity index (χ2v) is 7.98. The fraction of sp³-hybridized carbons (Fsp3) is 0.292. The standard InChI is InChI=1S/C24H24ClNO2/c1-15-11-12-16(2)23(25)21(15)13-26-24(27)28-14-22-19-9-5-3-7-17(19)18-8-4-6-10-20(18)22/h3-12,16,22-23H,13-14H2,1-2H3,(H,26,27). The van der Waals surface area contributed by atoms with E-state index in [1.165, 1.54) is 22.3 Å². The molecule has 28 heavy (non-hydrogen) atoms. The highest BCUT2D eigenvalue weighted by Crippen LogP contribution is 2.44. The van der Waals surface area contributed by atoms with Crippen LogP contribution in [0.1, 0.15) is 30.9 Å². The Labute approximate surface area is 171 Å². The lowest BCUT2D eigenvalue weighted by Crippen LogP contribution is -2.32. The Morgan fingerprint density at radius 2 is 1.68 bits per heavy atom. The Morgan fingerprint density at radius 3 is 2.32 bits per heavy atom. The Morgan fingerprint density at radius 1 is 1.07 bits per heavy atom. The average molecular weight is 394 g/mol. The summed E-state index contributed by atoms with van der Waals surface area (Å²) in [5, 5.41) is 2.77. The van der Waals surface area contributed by atoms with Crippen LogP contribution in [0.3, 0.4) is 0 Å². The molecule has 1 amide bonds. The summed E-state index contributed by atoms with van der Waals surface area (Å²) in [7, 11) is 0. The monoisotopic (exact) mass is 393 g/mol. The zero-order valence-electron chi connectivity index (χ0n) is 16.1. The molecule has 0 radical (unpaired) electrons. The predicted octanol–water partition coefficient (Wildman–Crippen LogP) is 5.65. The molecule has 0 aromatic heterocycles. The van der Waals surface area contributed by atoms with Crippen LogP contribution in [0.4, 0.5) is 4.79 Å². The van der Waals surface area contributed by atoms with Crippen LogP contribution < -0.4 is 5.32 Å². The third-order valence-electron chi connectivity index (χ3n) is 5.72. The van der Waals surface area contributed by atoms with Crippen molar-refractivity contribution in [1.29, 1.82) is 0 Å². The maximum Gasteiger partial charge on any atom is 0.407 e. The summed E-state index contributed by atoms with van der Waals surface area (Å²) < 4.78 is 5.59. The number of amides is 1. The molecule has 2 atom stereocenters. The second kappa shape index (κ2) is 7.84. The van der Waals surface area contributed by atoms with Gasteiger partial charge in [0.15, 0.2) is 0 Å². The van der Waals surface area contributed by atoms with Crippen molar-refractivity contribution in [2.45, 2.75) is 25.1 Å². The topological polar surface area (TPSA) is 38.3 Å². The van der Waals surface area contributed by atoms with Crippen LogP contribution in [-0.4, -0.2) is 24.6 Å². The van der Waals surface area contributed by atoms with Crippen molar-refractivity contribution in [3.05, 3.63) is 83.0 Å². The normalized spacial score (nSPS) is 20.7. The van der Waals surface area contributed by atoms with Crippen molar-refractivity contribution in [2.24, 2.45) is 5.92 Å². The van der Waals surface area contributed by atoms with Crippen LogP contribution in [-0.2, 0) is 4.74 Å². The molecule has 4 heteroatoms. The van der Waals surface area contributed by atoms with Gasteiger partial charge in [-0.1, -0.05) is 67.6 Å². The van der Waals surface area contributed by atoms with Gasteiger partial charge in [0.25, 0.3) is 0 Å². The van der Waals surface area contributed by atoms with Crippen molar-refractivity contribution >= 4 is 17.7 Å². The fourth-order valence-corrected chi connectivity index (χ4v) is 4.42. The van der Waals surface area contributed by atoms with E-state index in [4.69, 9.17) is 16.3 Å². The number of nitrogens with one attached hydrogen (secondary N) is 1. The molecule has 0 aliphatic heterocycles. The molecule has 2 unspecified atom stereocenters. The summed E-state index contributed by atoms with van der Waals surface area (Å²) in [6.07, 6.45) is 3.76. The Kier molecular flexibility index (Phi) is 5.27. The minimum atomic E-state index is -0.409. The molecule has 0 heterocycles. The number of halogens is 1. The summed E-state index contributed by atoms with van der Waals surface area (Å²) in [5.74, 6) is 0.321. The smallest absolute Gasteiger partial charge is 0.407 e. The lowest BCUT2D eigenvalue weighted by atomic mass is 9.91. The molecule has 144 valence electrons. The van der Waals surface area contributed by atoms with Crippen molar-refractivity contribution in [3.63, 3.8) is 0 Å². The van der Waals surface area contributed by atoms with Crippen molar-refractivity contribution in [2.75, 3.05) is 13.2 Å². The molecule has 4 rings (SSSR count). The van der Waals surface area contributed by atoms with Gasteiger partial charge in [-0.25, -0.2) is 4.79 Å². The van der Waals surface area contributed by atoms with E-state index in [9.17, 15) is 4.79 Å². The summed E-state index contributed by atoms with van der Waals surface area (Å²) >= 11 is 6.50. The zero-order chi connectivity index (χ0) is 19.7. The number of ether oxygens (including phenoxy) is 1. The molecule has 0 saturated carbocycles. The number of allylic oxidation sites excluding steroid dienone is 3. The lowest BCUT2D eigenvalue weighted by molar-refractivity contribution is 0.143. The zero-order valence-corrected chi connectivity index (χ0v) is 16.9. The van der Waals surface area contributed by atoms with Gasteiger partial charge in [0.1, 0.15) is 6.61 Å². The third-order valence-corrected chi connectivity index (χ3v) is 6.38. The average Bonchev–Trinajstić information content (AvgIpc) is 3.03. The number of rotatable bonds is 4. The number of alkyl carbamates (subject to hydrolysis) is 1. The number of carbonyl (C=O) groups excluding carboxylic acids is 1. The number of alkyl halides is 1. The maximum absolute atomic E-state index is 12.3. The fourth-order valence-electron chi connectivity index (χ4n) is 4.09. The number of hydrogen-bond donors (Lipinski definition) is 1. The van der Waals surface area contributed by atoms with E-state index in [0.717, 1.165) is 11.1 Å². The second-order valence-electron chi connectivity index (χ2n) is 7.51. The molecule has 0 saturated heterocycles. The quantitative estimate of drug-likeness (QED) is 0.681. The molecule has 3 nitrogen and oxygen atoms in total. The molecular weight excluding hydrogens is 370 g/mol. The van der Waals surface area contributed by atoms with Crippen molar-refractivity contribution in [1.82, 2.24) is 5.32 Å². The van der Waals surface area contributed by atoms with E-state index in [1.54, 1.807) is 0 Å². The largest absolute Gasteiger partial charge is 0.449 e. The van der Waals surface area contributed by atoms with E-state index in [1.807, 2.05) is 31.2 Å². The van der Waals surface area contributed by atoms with E-state index in [2.05, 4.69) is 48.7 Å². The first-order valence-corrected chi connectivity index (χ1v) is 10.1. The van der Waals surface area contributed by atoms with Crippen molar-refractivity contribution < 1.29 is 9.53 Å². The molecular formula is C24H24ClNO2. The van der Waals surface area contributed by atoms with Gasteiger partial charge in [0.05, 0.1) is 5.38 Å². The first kappa shape index (κ1) is 18.8. The number of fused-ring (bicyclic) bond motifs is 3. The molecule has 0 fully saturated rings. The first-order chi connectivity index (χ1) is 13.6. The minimum absolute atomic E-state index is 0.0671. The Hall–Kier alpha value is -2.52. The SMILES string of the molecule is CC1=C(CNC(=O)OCC2c3ccccc3-c3ccccc32)C(Cl)C(C)C=C1. The van der Waals surface area contributed by atoms with Crippen molar-refractivity contribution in [3.8, 4) is 11.1 Å². The van der Waals surface area contributed by atoms with Crippen LogP contribution in [0.15, 0.2) is 71.8 Å². The highest BCUT2D eigenvalue weighted by molar-refractivity contribution is 6.23. The molecule has 2 aliphatic rings. The van der Waals surface area contributed by atoms with Gasteiger partial charge < -0.3 is 10.1 Å². The van der Waals surface area contributed by atoms with Gasteiger partial charge in [-0.15, -0.1) is 11.6 Å². The third kappa shape index (κ3) is 3.47. The van der Waals surface area contributed by atoms with E-state index >= 15 is 0 Å². The van der Waals surface area contributed by atoms with E-state index in [-0.39, 0.29) is 17.2 Å². The summed E-state index contributed by atoms with van der Waals surface area (Å²) in [5.41, 5.74) is 7.02. The Balaban J connectivity index is 1.41. The van der Waals surface area contributed by atoms with Crippen LogP contribution >= 0.6 is 11.6 Å². The van der Waals surface area contributed by atoms with Gasteiger partial charge in [0.2, 0.25) is 0 Å². The lowest BCUT2D eigenvalue weighted by Gasteiger charge is -2.24. The molecule has 2 aromatic carbocycles. The Bertz CT molecular complexity index is 917. The molecule has 0 spiro atoms. The van der Waals surface area contributed by atoms with Gasteiger partial charge in [-0.2, -0.15) is 0 Å². The molecule has 2 aliphatic carbocycles. The summed E-state index contributed by atoms with van der Waals surface area (Å²) in [6.45, 7) is 4.82. The van der Waals surface area contributed by atoms with Crippen LogP contribution in [0, 0.1) is 5.92 Å². The number of benzene rings is 2. The number of carbonyl (C=O) groups is 1. The highest BCUT2D eigenvalue weighted by atomic mass is 35.5. The van der Waals surface area contributed by atoms with Crippen LogP contribution in [0.25, 0.3) is 11.1 Å². The van der Waals surface area contributed by atoms with Crippen LogP contribution in [0.5, 0.6) is 0 Å². The van der Waals surface area contributed by atoms with Gasteiger partial charge in [-0.05, 0) is 46.2 Å². The van der Waals surface area contributed by atoms with Gasteiger partial charge in [-0.3, -0.25) is 0 Å². The predicted molar refractivity (Wildman–Crippen MR) is 114 cm³/mol. The van der Waals surface area contributed by atoms with Crippen LogP contribution in [0.2, 0.25) is 0 Å². The van der Waals surface area contributed by atoms with Gasteiger partial charge in [0, 0.05) is 12.5 Å². The van der Waals surface area contributed by atoms with E-state index in [0.29, 0.717) is 13.2 Å². The highest BCUT2D eigenvalue weighted by Gasteiger charge is 2.29. The van der Waals surface area contributed by atoms with E-state index < -0.39 is 6.09 Å². The summed E-state index contributed by atoms with van der Waals surface area (Å²) in [4.78, 5) is 12.3. The minimum Gasteiger partial charge on any atom is -0.449 e. The summed E-state index contributed by atoms with van der Waals surface area (Å²) in [6, 6.07) is 16.6.